The molecule has 0 atom stereocenters. The minimum absolute atomic E-state index is 0.168. The Labute approximate surface area is 332 Å². The van der Waals surface area contributed by atoms with Crippen LogP contribution in [0.5, 0.6) is 0 Å². The lowest BCUT2D eigenvalue weighted by molar-refractivity contribution is 0.0632. The number of imide groups is 2. The summed E-state index contributed by atoms with van der Waals surface area (Å²) in [6.45, 7) is 0. The summed E-state index contributed by atoms with van der Waals surface area (Å²) in [5, 5.41) is 0. The molecule has 0 heterocycles. The molecular weight excluding hydrogens is 733 g/mol. The van der Waals surface area contributed by atoms with Gasteiger partial charge in [0, 0.05) is 56.7 Å². The van der Waals surface area contributed by atoms with Gasteiger partial charge in [-0.1, -0.05) is 121 Å². The first kappa shape index (κ1) is 38.1. The number of Topliss-reactive ketones (excluding diaryl/α,β-unsaturated/α-hetero) is 2. The predicted octanol–water partition coefficient (Wildman–Crippen LogP) is 7.86. The van der Waals surface area contributed by atoms with Gasteiger partial charge in [-0.3, -0.25) is 38.4 Å². The van der Waals surface area contributed by atoms with Crippen molar-refractivity contribution in [3.63, 3.8) is 0 Å². The number of benzene rings is 6. The minimum Gasteiger partial charge on any atom is -0.289 e. The SMILES string of the molecule is O=C1C=C(N(C(=O)c2ccccc2)C(=O)c2ccccc2)C(=O)c2ccccc21.O=C1C=C(N(C(=O)c2ccccc2)C(=O)c2ccccc2)C(=O)c2ccccc21. The van der Waals surface area contributed by atoms with Crippen molar-refractivity contribution in [2.24, 2.45) is 0 Å². The number of rotatable bonds is 6. The maximum absolute atomic E-state index is 13.2. The standard InChI is InChI=1S/2C24H15NO4/c2*26-21-15-20(22(27)19-14-8-7-13-18(19)21)25(23(28)16-9-3-1-4-10-16)24(29)17-11-5-2-6-12-17/h2*1-15H. The van der Waals surface area contributed by atoms with E-state index in [1.807, 2.05) is 0 Å². The van der Waals surface area contributed by atoms with Crippen molar-refractivity contribution in [3.8, 4) is 0 Å². The van der Waals surface area contributed by atoms with Gasteiger partial charge in [-0.15, -0.1) is 0 Å². The lowest BCUT2D eigenvalue weighted by atomic mass is 9.91. The molecule has 0 radical (unpaired) electrons. The minimum atomic E-state index is -0.675. The van der Waals surface area contributed by atoms with Gasteiger partial charge in [-0.05, 0) is 48.5 Å². The smallest absolute Gasteiger partial charge is 0.265 e. The van der Waals surface area contributed by atoms with Gasteiger partial charge < -0.3 is 0 Å². The van der Waals surface area contributed by atoms with Crippen molar-refractivity contribution in [1.82, 2.24) is 9.80 Å². The van der Waals surface area contributed by atoms with Crippen molar-refractivity contribution in [2.45, 2.75) is 0 Å². The Morgan fingerprint density at radius 3 is 0.776 bits per heavy atom. The van der Waals surface area contributed by atoms with Gasteiger partial charge in [-0.25, -0.2) is 9.80 Å². The van der Waals surface area contributed by atoms with E-state index in [0.29, 0.717) is 0 Å². The van der Waals surface area contributed by atoms with Gasteiger partial charge in [-0.2, -0.15) is 0 Å². The molecule has 0 fully saturated rings. The van der Waals surface area contributed by atoms with E-state index < -0.39 is 46.8 Å². The summed E-state index contributed by atoms with van der Waals surface area (Å²) < 4.78 is 0. The van der Waals surface area contributed by atoms with Crippen LogP contribution in [0, 0.1) is 0 Å². The second kappa shape index (κ2) is 16.6. The normalized spacial score (nSPS) is 12.8. The van der Waals surface area contributed by atoms with Crippen molar-refractivity contribution >= 4 is 46.8 Å². The van der Waals surface area contributed by atoms with Gasteiger partial charge in [0.2, 0.25) is 11.6 Å². The first-order valence-corrected chi connectivity index (χ1v) is 17.9. The second-order valence-corrected chi connectivity index (χ2v) is 12.9. The fourth-order valence-electron chi connectivity index (χ4n) is 6.40. The third-order valence-electron chi connectivity index (χ3n) is 9.25. The van der Waals surface area contributed by atoms with E-state index in [-0.39, 0.29) is 55.9 Å². The van der Waals surface area contributed by atoms with Gasteiger partial charge in [0.1, 0.15) is 11.4 Å². The van der Waals surface area contributed by atoms with Crippen LogP contribution in [0.1, 0.15) is 82.9 Å². The topological polar surface area (TPSA) is 143 Å². The third-order valence-corrected chi connectivity index (χ3v) is 9.25. The zero-order chi connectivity index (χ0) is 40.8. The Balaban J connectivity index is 0.000000177. The van der Waals surface area contributed by atoms with Crippen LogP contribution < -0.4 is 0 Å². The Morgan fingerprint density at radius 2 is 0.517 bits per heavy atom. The summed E-state index contributed by atoms with van der Waals surface area (Å²) in [6.07, 6.45) is 2.12. The summed E-state index contributed by atoms with van der Waals surface area (Å²) in [4.78, 5) is 106. The molecular formula is C48H30N2O8. The summed E-state index contributed by atoms with van der Waals surface area (Å²) in [5.74, 6) is -4.65. The highest BCUT2D eigenvalue weighted by Crippen LogP contribution is 2.28. The Bertz CT molecular complexity index is 2410. The largest absolute Gasteiger partial charge is 0.289 e. The first-order valence-electron chi connectivity index (χ1n) is 17.9. The summed E-state index contributed by atoms with van der Waals surface area (Å²) in [6, 6.07) is 45.4. The molecule has 0 N–H and O–H groups in total. The van der Waals surface area contributed by atoms with Gasteiger partial charge in [0.25, 0.3) is 23.6 Å². The number of ketones is 4. The van der Waals surface area contributed by atoms with Crippen molar-refractivity contribution in [2.75, 3.05) is 0 Å². The molecule has 6 aromatic rings. The molecule has 0 spiro atoms. The van der Waals surface area contributed by atoms with Crippen LogP contribution in [0.15, 0.2) is 193 Å². The van der Waals surface area contributed by atoms with Gasteiger partial charge in [0.15, 0.2) is 11.6 Å². The molecule has 0 bridgehead atoms. The Morgan fingerprint density at radius 1 is 0.293 bits per heavy atom. The summed E-state index contributed by atoms with van der Waals surface area (Å²) in [5.41, 5.74) is 1.26. The lowest BCUT2D eigenvalue weighted by Crippen LogP contribution is -2.40. The number of carbonyl (C=O) groups excluding carboxylic acids is 8. The lowest BCUT2D eigenvalue weighted by Gasteiger charge is -2.25. The van der Waals surface area contributed by atoms with Crippen molar-refractivity contribution < 1.29 is 38.4 Å². The van der Waals surface area contributed by atoms with Gasteiger partial charge in [0.05, 0.1) is 0 Å². The number of fused-ring (bicyclic) bond motifs is 2. The molecule has 0 saturated carbocycles. The molecule has 280 valence electrons. The molecule has 10 heteroatoms. The molecule has 6 aromatic carbocycles. The summed E-state index contributed by atoms with van der Waals surface area (Å²) >= 11 is 0. The van der Waals surface area contributed by atoms with E-state index in [0.717, 1.165) is 22.0 Å². The van der Waals surface area contributed by atoms with Crippen LogP contribution in [-0.4, -0.2) is 56.6 Å². The van der Waals surface area contributed by atoms with Crippen LogP contribution in [0.2, 0.25) is 0 Å². The molecule has 0 unspecified atom stereocenters. The van der Waals surface area contributed by atoms with Gasteiger partial charge >= 0.3 is 0 Å². The predicted molar refractivity (Wildman–Crippen MR) is 213 cm³/mol. The Kier molecular flexibility index (Phi) is 10.9. The number of allylic oxidation sites excluding steroid dienone is 4. The van der Waals surface area contributed by atoms with Crippen LogP contribution in [0.4, 0.5) is 0 Å². The van der Waals surface area contributed by atoms with Crippen LogP contribution in [0.25, 0.3) is 0 Å². The molecule has 2 aliphatic rings. The molecule has 0 aromatic heterocycles. The number of amides is 4. The van der Waals surface area contributed by atoms with E-state index in [1.165, 1.54) is 12.1 Å². The average molecular weight is 763 g/mol. The second-order valence-electron chi connectivity index (χ2n) is 12.9. The number of hydrogen-bond acceptors (Lipinski definition) is 8. The third kappa shape index (κ3) is 7.53. The first-order chi connectivity index (χ1) is 28.2. The molecule has 58 heavy (non-hydrogen) atoms. The van der Waals surface area contributed by atoms with Crippen LogP contribution >= 0.6 is 0 Å². The highest BCUT2D eigenvalue weighted by atomic mass is 16.2. The zero-order valence-corrected chi connectivity index (χ0v) is 30.5. The van der Waals surface area contributed by atoms with Crippen molar-refractivity contribution in [1.29, 1.82) is 0 Å². The van der Waals surface area contributed by atoms with E-state index in [2.05, 4.69) is 0 Å². The van der Waals surface area contributed by atoms with E-state index in [1.54, 1.807) is 158 Å². The number of carbonyl (C=O) groups is 8. The average Bonchev–Trinajstić information content (AvgIpc) is 3.28. The molecule has 0 aliphatic heterocycles. The van der Waals surface area contributed by atoms with Crippen LogP contribution in [-0.2, 0) is 0 Å². The maximum Gasteiger partial charge on any atom is 0.265 e. The fraction of sp³-hybridized carbons (Fsp3) is 0. The summed E-state index contributed by atoms with van der Waals surface area (Å²) in [7, 11) is 0. The number of nitrogens with zero attached hydrogens (tertiary/aromatic N) is 2. The van der Waals surface area contributed by atoms with Crippen LogP contribution in [0.3, 0.4) is 0 Å². The quantitative estimate of drug-likeness (QED) is 0.156. The molecule has 10 nitrogen and oxygen atoms in total. The number of hydrogen-bond donors (Lipinski definition) is 0. The molecule has 2 aliphatic carbocycles. The molecule has 8 rings (SSSR count). The Hall–Kier alpha value is -8.24. The monoisotopic (exact) mass is 762 g/mol. The maximum atomic E-state index is 13.2. The highest BCUT2D eigenvalue weighted by Gasteiger charge is 2.37. The fourth-order valence-corrected chi connectivity index (χ4v) is 6.40. The molecule has 4 amide bonds. The zero-order valence-electron chi connectivity index (χ0n) is 30.5. The van der Waals surface area contributed by atoms with Crippen molar-refractivity contribution in [3.05, 3.63) is 238 Å². The van der Waals surface area contributed by atoms with E-state index in [4.69, 9.17) is 0 Å². The van der Waals surface area contributed by atoms with E-state index >= 15 is 0 Å². The van der Waals surface area contributed by atoms with E-state index in [9.17, 15) is 38.4 Å². The highest BCUT2D eigenvalue weighted by molar-refractivity contribution is 6.29. The molecule has 0 saturated heterocycles.